The van der Waals surface area contributed by atoms with Crippen molar-refractivity contribution in [2.24, 2.45) is 0 Å². The Morgan fingerprint density at radius 1 is 1.21 bits per heavy atom. The molecule has 0 aliphatic rings. The molecule has 0 saturated carbocycles. The second kappa shape index (κ2) is 6.89. The monoisotopic (exact) mass is 264 g/mol. The van der Waals surface area contributed by atoms with Gasteiger partial charge in [0.2, 0.25) is 0 Å². The lowest BCUT2D eigenvalue weighted by Gasteiger charge is -2.12. The molecule has 104 valence electrons. The Morgan fingerprint density at radius 2 is 1.89 bits per heavy atom. The van der Waals surface area contributed by atoms with Crippen molar-refractivity contribution in [2.45, 2.75) is 32.9 Å². The minimum atomic E-state index is -0.534. The Kier molecular flexibility index (Phi) is 5.51. The topological polar surface area (TPSA) is 67.4 Å². The highest BCUT2D eigenvalue weighted by Gasteiger charge is 2.13. The van der Waals surface area contributed by atoms with E-state index in [9.17, 15) is 9.59 Å². The zero-order valence-electron chi connectivity index (χ0n) is 11.7. The number of hydrogen-bond acceptors (Lipinski definition) is 3. The number of hydrogen-bond donors (Lipinski definition) is 2. The average Bonchev–Trinajstić information content (AvgIpc) is 2.37. The first-order valence-electron chi connectivity index (χ1n) is 6.18. The van der Waals surface area contributed by atoms with Crippen molar-refractivity contribution in [1.82, 2.24) is 5.32 Å². The molecule has 0 spiro atoms. The maximum absolute atomic E-state index is 11.8. The molecule has 19 heavy (non-hydrogen) atoms. The maximum Gasteiger partial charge on any atom is 0.253 e. The first kappa shape index (κ1) is 15.2. The minimum Gasteiger partial charge on any atom is -0.372 e. The molecule has 0 heterocycles. The predicted octanol–water partition coefficient (Wildman–Crippen LogP) is 1.80. The fourth-order valence-electron chi connectivity index (χ4n) is 1.43. The third-order valence-corrected chi connectivity index (χ3v) is 2.53. The third-order valence-electron chi connectivity index (χ3n) is 2.53. The number of ether oxygens (including phenoxy) is 1. The van der Waals surface area contributed by atoms with Crippen molar-refractivity contribution < 1.29 is 14.3 Å². The van der Waals surface area contributed by atoms with Crippen LogP contribution in [0.3, 0.4) is 0 Å². The van der Waals surface area contributed by atoms with Gasteiger partial charge in [-0.3, -0.25) is 9.59 Å². The number of nitrogens with one attached hydrogen (secondary N) is 2. The summed E-state index contributed by atoms with van der Waals surface area (Å²) in [5.41, 5.74) is 1.09. The van der Waals surface area contributed by atoms with Crippen LogP contribution in [0.2, 0.25) is 0 Å². The standard InChI is InChI=1S/C14H20N2O3/c1-9(2)15-14(18)11-6-5-7-12(8-11)16-13(17)10(3)19-4/h5-10H,1-4H3,(H,15,18)(H,16,17). The molecule has 0 radical (unpaired) electrons. The SMILES string of the molecule is COC(C)C(=O)Nc1cccc(C(=O)NC(C)C)c1. The van der Waals surface area contributed by atoms with Gasteiger partial charge in [0.15, 0.2) is 0 Å². The summed E-state index contributed by atoms with van der Waals surface area (Å²) in [4.78, 5) is 23.5. The Morgan fingerprint density at radius 3 is 2.47 bits per heavy atom. The molecule has 1 rings (SSSR count). The van der Waals surface area contributed by atoms with E-state index in [2.05, 4.69) is 10.6 Å². The molecule has 2 amide bonds. The van der Waals surface area contributed by atoms with Crippen LogP contribution in [-0.2, 0) is 9.53 Å². The first-order chi connectivity index (χ1) is 8.93. The number of benzene rings is 1. The first-order valence-corrected chi connectivity index (χ1v) is 6.18. The van der Waals surface area contributed by atoms with Gasteiger partial charge in [0, 0.05) is 24.4 Å². The van der Waals surface area contributed by atoms with E-state index < -0.39 is 6.10 Å². The van der Waals surface area contributed by atoms with Crippen LogP contribution in [0.15, 0.2) is 24.3 Å². The molecular formula is C14H20N2O3. The van der Waals surface area contributed by atoms with E-state index in [-0.39, 0.29) is 17.9 Å². The Labute approximate surface area is 113 Å². The van der Waals surface area contributed by atoms with Gasteiger partial charge in [-0.15, -0.1) is 0 Å². The predicted molar refractivity (Wildman–Crippen MR) is 74.1 cm³/mol. The summed E-state index contributed by atoms with van der Waals surface area (Å²) < 4.78 is 4.92. The van der Waals surface area contributed by atoms with Crippen LogP contribution in [0.5, 0.6) is 0 Å². The number of amides is 2. The molecule has 1 atom stereocenters. The van der Waals surface area contributed by atoms with Crippen LogP contribution in [0, 0.1) is 0 Å². The van der Waals surface area contributed by atoms with Crippen LogP contribution in [0.25, 0.3) is 0 Å². The van der Waals surface area contributed by atoms with Gasteiger partial charge in [0.1, 0.15) is 6.10 Å². The molecule has 2 N–H and O–H groups in total. The number of carbonyl (C=O) groups is 2. The average molecular weight is 264 g/mol. The number of rotatable bonds is 5. The van der Waals surface area contributed by atoms with Crippen molar-refractivity contribution in [3.8, 4) is 0 Å². The van der Waals surface area contributed by atoms with Gasteiger partial charge < -0.3 is 15.4 Å². The van der Waals surface area contributed by atoms with Gasteiger partial charge in [-0.2, -0.15) is 0 Å². The summed E-state index contributed by atoms with van der Waals surface area (Å²) in [6, 6.07) is 6.86. The zero-order valence-corrected chi connectivity index (χ0v) is 11.7. The van der Waals surface area contributed by atoms with Crippen LogP contribution in [-0.4, -0.2) is 31.1 Å². The van der Waals surface area contributed by atoms with Gasteiger partial charge in [-0.25, -0.2) is 0 Å². The molecule has 0 fully saturated rings. The highest BCUT2D eigenvalue weighted by Crippen LogP contribution is 2.11. The molecule has 0 aliphatic heterocycles. The Hall–Kier alpha value is -1.88. The van der Waals surface area contributed by atoms with E-state index >= 15 is 0 Å². The fourth-order valence-corrected chi connectivity index (χ4v) is 1.43. The Bertz CT molecular complexity index is 458. The molecule has 0 aliphatic carbocycles. The molecule has 0 bridgehead atoms. The molecule has 5 heteroatoms. The van der Waals surface area contributed by atoms with Gasteiger partial charge >= 0.3 is 0 Å². The lowest BCUT2D eigenvalue weighted by atomic mass is 10.1. The molecule has 5 nitrogen and oxygen atoms in total. The van der Waals surface area contributed by atoms with Crippen LogP contribution in [0.1, 0.15) is 31.1 Å². The summed E-state index contributed by atoms with van der Waals surface area (Å²) in [7, 11) is 1.47. The summed E-state index contributed by atoms with van der Waals surface area (Å²) in [6.45, 7) is 5.44. The molecule has 1 aromatic rings. The number of methoxy groups -OCH3 is 1. The zero-order chi connectivity index (χ0) is 14.4. The summed E-state index contributed by atoms with van der Waals surface area (Å²) in [5.74, 6) is -0.408. The van der Waals surface area contributed by atoms with Crippen LogP contribution < -0.4 is 10.6 Å². The van der Waals surface area contributed by atoms with E-state index in [1.807, 2.05) is 13.8 Å². The van der Waals surface area contributed by atoms with Crippen molar-refractivity contribution in [1.29, 1.82) is 0 Å². The van der Waals surface area contributed by atoms with E-state index in [1.54, 1.807) is 31.2 Å². The van der Waals surface area contributed by atoms with Crippen molar-refractivity contribution in [3.63, 3.8) is 0 Å². The van der Waals surface area contributed by atoms with Crippen molar-refractivity contribution >= 4 is 17.5 Å². The number of anilines is 1. The number of carbonyl (C=O) groups excluding carboxylic acids is 2. The second-order valence-electron chi connectivity index (χ2n) is 4.58. The van der Waals surface area contributed by atoms with E-state index in [1.165, 1.54) is 7.11 Å². The maximum atomic E-state index is 11.8. The van der Waals surface area contributed by atoms with E-state index in [4.69, 9.17) is 4.74 Å². The minimum absolute atomic E-state index is 0.0688. The summed E-state index contributed by atoms with van der Waals surface area (Å²) in [5, 5.41) is 5.49. The molecule has 1 aromatic carbocycles. The van der Waals surface area contributed by atoms with Gasteiger partial charge in [0.05, 0.1) is 0 Å². The van der Waals surface area contributed by atoms with Crippen LogP contribution >= 0.6 is 0 Å². The molecule has 0 saturated heterocycles. The molecule has 0 aromatic heterocycles. The van der Waals surface area contributed by atoms with Gasteiger partial charge in [0.25, 0.3) is 11.8 Å². The van der Waals surface area contributed by atoms with E-state index in [0.717, 1.165) is 0 Å². The van der Waals surface area contributed by atoms with E-state index in [0.29, 0.717) is 11.3 Å². The second-order valence-corrected chi connectivity index (χ2v) is 4.58. The highest BCUT2D eigenvalue weighted by molar-refractivity contribution is 5.98. The van der Waals surface area contributed by atoms with Crippen LogP contribution in [0.4, 0.5) is 5.69 Å². The van der Waals surface area contributed by atoms with Gasteiger partial charge in [-0.05, 0) is 39.0 Å². The fraction of sp³-hybridized carbons (Fsp3) is 0.429. The Balaban J connectivity index is 2.77. The lowest BCUT2D eigenvalue weighted by Crippen LogP contribution is -2.30. The van der Waals surface area contributed by atoms with Crippen molar-refractivity contribution in [2.75, 3.05) is 12.4 Å². The normalized spacial score (nSPS) is 12.1. The molecular weight excluding hydrogens is 244 g/mol. The van der Waals surface area contributed by atoms with Crippen molar-refractivity contribution in [3.05, 3.63) is 29.8 Å². The van der Waals surface area contributed by atoms with Gasteiger partial charge in [-0.1, -0.05) is 6.07 Å². The smallest absolute Gasteiger partial charge is 0.253 e. The highest BCUT2D eigenvalue weighted by atomic mass is 16.5. The third kappa shape index (κ3) is 4.71. The quantitative estimate of drug-likeness (QED) is 0.852. The summed E-state index contributed by atoms with van der Waals surface area (Å²) in [6.07, 6.45) is -0.534. The largest absolute Gasteiger partial charge is 0.372 e. The molecule has 1 unspecified atom stereocenters. The summed E-state index contributed by atoms with van der Waals surface area (Å²) >= 11 is 0. The lowest BCUT2D eigenvalue weighted by molar-refractivity contribution is -0.124.